The molecule has 2 aromatic carbocycles. The molecule has 0 aliphatic carbocycles. The summed E-state index contributed by atoms with van der Waals surface area (Å²) < 4.78 is 32.9. The number of fused-ring (bicyclic) bond motifs is 1. The molecule has 0 saturated carbocycles. The molecule has 0 bridgehead atoms. The van der Waals surface area contributed by atoms with Crippen molar-refractivity contribution < 1.29 is 69.0 Å². The van der Waals surface area contributed by atoms with Crippen LogP contribution in [0.2, 0.25) is 0 Å². The van der Waals surface area contributed by atoms with Crippen LogP contribution in [0.1, 0.15) is 6.92 Å². The van der Waals surface area contributed by atoms with Gasteiger partial charge in [0.25, 0.3) is 0 Å². The second-order valence-electron chi connectivity index (χ2n) is 10.3. The quantitative estimate of drug-likeness (QED) is 0.159. The normalized spacial score (nSPS) is 32.9. The van der Waals surface area contributed by atoms with Crippen LogP contribution in [0.5, 0.6) is 23.0 Å². The SMILES string of the molecule is COc1ccc(-c2cc(=O)c3c(O)cc(O[C@H]4O[C@@H](CO[C@@H]5O[C@H](C)[C@@H](O)[C@@H](O)[C@@H]5O)[C@H](O)[C@@H](O)[C@@H]4O)cc3o2)cc1O. The van der Waals surface area contributed by atoms with Crippen LogP contribution in [-0.2, 0) is 14.2 Å². The Labute approximate surface area is 243 Å². The first kappa shape index (κ1) is 30.9. The standard InChI is InChI=1S/C28H32O15/c1-10-21(32)23(34)25(36)27(40-10)39-9-19-22(33)24(35)26(37)28(43-19)41-12-6-14(30)20-15(31)8-17(42-18(20)7-12)11-3-4-16(38-2)13(29)5-11/h3-8,10,19,21-30,32-37H,9H2,1-2H3/t10-,19+,21-,22+,23-,24-,25+,26+,27-,28+/m1/s1. The fourth-order valence-electron chi connectivity index (χ4n) is 4.92. The molecule has 0 unspecified atom stereocenters. The number of rotatable bonds is 7. The molecule has 0 amide bonds. The van der Waals surface area contributed by atoms with E-state index in [2.05, 4.69) is 0 Å². The molecular weight excluding hydrogens is 576 g/mol. The predicted molar refractivity (Wildman–Crippen MR) is 143 cm³/mol. The highest BCUT2D eigenvalue weighted by Gasteiger charge is 2.47. The number of hydrogen-bond donors (Lipinski definition) is 8. The number of benzene rings is 2. The Morgan fingerprint density at radius 3 is 2.19 bits per heavy atom. The van der Waals surface area contributed by atoms with E-state index >= 15 is 0 Å². The first-order chi connectivity index (χ1) is 20.4. The van der Waals surface area contributed by atoms with Crippen molar-refractivity contribution >= 4 is 11.0 Å². The van der Waals surface area contributed by atoms with Crippen molar-refractivity contribution in [2.75, 3.05) is 13.7 Å². The second-order valence-corrected chi connectivity index (χ2v) is 10.3. The fourth-order valence-corrected chi connectivity index (χ4v) is 4.92. The zero-order chi connectivity index (χ0) is 31.2. The minimum absolute atomic E-state index is 0.0517. The second kappa shape index (κ2) is 12.2. The number of aromatic hydroxyl groups is 2. The van der Waals surface area contributed by atoms with E-state index in [-0.39, 0.29) is 34.0 Å². The van der Waals surface area contributed by atoms with E-state index in [1.54, 1.807) is 6.07 Å². The Balaban J connectivity index is 1.36. The van der Waals surface area contributed by atoms with E-state index in [9.17, 15) is 45.6 Å². The highest BCUT2D eigenvalue weighted by Crippen LogP contribution is 2.35. The monoisotopic (exact) mass is 608 g/mol. The summed E-state index contributed by atoms with van der Waals surface area (Å²) in [6.07, 6.45) is -15.0. The maximum atomic E-state index is 12.8. The molecule has 3 heterocycles. The molecule has 3 aromatic rings. The van der Waals surface area contributed by atoms with Crippen LogP contribution in [0.3, 0.4) is 0 Å². The van der Waals surface area contributed by atoms with Crippen LogP contribution in [0.15, 0.2) is 45.6 Å². The lowest BCUT2D eigenvalue weighted by atomic mass is 9.98. The van der Waals surface area contributed by atoms with Crippen LogP contribution >= 0.6 is 0 Å². The molecule has 15 heteroatoms. The summed E-state index contributed by atoms with van der Waals surface area (Å²) in [7, 11) is 1.38. The van der Waals surface area contributed by atoms with E-state index < -0.39 is 79.2 Å². The maximum absolute atomic E-state index is 12.8. The van der Waals surface area contributed by atoms with Crippen LogP contribution in [0.25, 0.3) is 22.3 Å². The van der Waals surface area contributed by atoms with Crippen LogP contribution in [-0.4, -0.2) is 116 Å². The number of phenols is 2. The minimum atomic E-state index is -1.78. The average Bonchev–Trinajstić information content (AvgIpc) is 2.97. The van der Waals surface area contributed by atoms with Gasteiger partial charge in [-0.25, -0.2) is 0 Å². The van der Waals surface area contributed by atoms with Gasteiger partial charge in [0.15, 0.2) is 23.2 Å². The minimum Gasteiger partial charge on any atom is -0.507 e. The van der Waals surface area contributed by atoms with Crippen molar-refractivity contribution in [2.24, 2.45) is 0 Å². The summed E-state index contributed by atoms with van der Waals surface area (Å²) in [5.74, 6) is -0.605. The molecule has 8 N–H and O–H groups in total. The molecule has 15 nitrogen and oxygen atoms in total. The van der Waals surface area contributed by atoms with Crippen molar-refractivity contribution in [3.8, 4) is 34.3 Å². The summed E-state index contributed by atoms with van der Waals surface area (Å²) in [6, 6.07) is 7.78. The zero-order valence-electron chi connectivity index (χ0n) is 22.9. The summed E-state index contributed by atoms with van der Waals surface area (Å²) >= 11 is 0. The number of aliphatic hydroxyl groups excluding tert-OH is 6. The third kappa shape index (κ3) is 5.99. The molecule has 5 rings (SSSR count). The third-order valence-electron chi connectivity index (χ3n) is 7.40. The van der Waals surface area contributed by atoms with Gasteiger partial charge in [-0.15, -0.1) is 0 Å². The molecular formula is C28H32O15. The predicted octanol–water partition coefficient (Wildman–Crippen LogP) is -1.09. The van der Waals surface area contributed by atoms with Crippen molar-refractivity contribution in [3.05, 3.63) is 46.6 Å². The average molecular weight is 609 g/mol. The zero-order valence-corrected chi connectivity index (χ0v) is 22.9. The number of ether oxygens (including phenoxy) is 5. The van der Waals surface area contributed by atoms with Gasteiger partial charge in [-0.1, -0.05) is 0 Å². The van der Waals surface area contributed by atoms with E-state index in [0.717, 1.165) is 12.1 Å². The Morgan fingerprint density at radius 1 is 0.791 bits per heavy atom. The first-order valence-corrected chi connectivity index (χ1v) is 13.3. The van der Waals surface area contributed by atoms with Crippen molar-refractivity contribution in [1.29, 1.82) is 0 Å². The van der Waals surface area contributed by atoms with Gasteiger partial charge in [-0.2, -0.15) is 0 Å². The molecule has 2 fully saturated rings. The highest BCUT2D eigenvalue weighted by molar-refractivity contribution is 5.86. The van der Waals surface area contributed by atoms with Crippen LogP contribution < -0.4 is 14.9 Å². The molecule has 2 aliphatic heterocycles. The van der Waals surface area contributed by atoms with E-state index in [1.165, 1.54) is 32.2 Å². The largest absolute Gasteiger partial charge is 0.507 e. The maximum Gasteiger partial charge on any atom is 0.229 e. The van der Waals surface area contributed by atoms with Crippen molar-refractivity contribution in [1.82, 2.24) is 0 Å². The molecule has 2 aliphatic rings. The Morgan fingerprint density at radius 2 is 1.49 bits per heavy atom. The summed E-state index contributed by atoms with van der Waals surface area (Å²) in [5, 5.41) is 82.0. The van der Waals surface area contributed by atoms with Gasteiger partial charge in [-0.3, -0.25) is 4.79 Å². The molecule has 0 spiro atoms. The van der Waals surface area contributed by atoms with Gasteiger partial charge in [-0.05, 0) is 25.1 Å². The molecule has 10 atom stereocenters. The summed E-state index contributed by atoms with van der Waals surface area (Å²) in [4.78, 5) is 12.8. The lowest BCUT2D eigenvalue weighted by Gasteiger charge is -2.42. The topological polar surface area (TPSA) is 238 Å². The van der Waals surface area contributed by atoms with Crippen molar-refractivity contribution in [2.45, 2.75) is 68.3 Å². The molecule has 0 radical (unpaired) electrons. The van der Waals surface area contributed by atoms with Crippen LogP contribution in [0, 0.1) is 0 Å². The first-order valence-electron chi connectivity index (χ1n) is 13.3. The van der Waals surface area contributed by atoms with Crippen LogP contribution in [0.4, 0.5) is 0 Å². The van der Waals surface area contributed by atoms with E-state index in [0.29, 0.717) is 5.56 Å². The van der Waals surface area contributed by atoms with Gasteiger partial charge >= 0.3 is 0 Å². The Bertz CT molecular complexity index is 1510. The number of phenolic OH excluding ortho intramolecular Hbond substituents is 2. The summed E-state index contributed by atoms with van der Waals surface area (Å²) in [6.45, 7) is 0.953. The number of hydrogen-bond acceptors (Lipinski definition) is 15. The van der Waals surface area contributed by atoms with Gasteiger partial charge < -0.3 is 69.0 Å². The molecule has 234 valence electrons. The number of methoxy groups -OCH3 is 1. The number of aliphatic hydroxyl groups is 6. The Kier molecular flexibility index (Phi) is 8.80. The molecule has 1 aromatic heterocycles. The highest BCUT2D eigenvalue weighted by atomic mass is 16.7. The van der Waals surface area contributed by atoms with Gasteiger partial charge in [0, 0.05) is 23.8 Å². The smallest absolute Gasteiger partial charge is 0.229 e. The Hall–Kier alpha value is -3.51. The van der Waals surface area contributed by atoms with Gasteiger partial charge in [0.1, 0.15) is 71.0 Å². The third-order valence-corrected chi connectivity index (χ3v) is 7.40. The lowest BCUT2D eigenvalue weighted by Crippen LogP contribution is -2.61. The fraction of sp³-hybridized carbons (Fsp3) is 0.464. The molecule has 43 heavy (non-hydrogen) atoms. The lowest BCUT2D eigenvalue weighted by molar-refractivity contribution is -0.318. The van der Waals surface area contributed by atoms with E-state index in [4.69, 9.17) is 28.1 Å². The van der Waals surface area contributed by atoms with E-state index in [1.807, 2.05) is 0 Å². The summed E-state index contributed by atoms with van der Waals surface area (Å²) in [5.41, 5.74) is -0.381. The van der Waals surface area contributed by atoms with Gasteiger partial charge in [0.2, 0.25) is 6.29 Å². The van der Waals surface area contributed by atoms with Gasteiger partial charge in [0.05, 0.1) is 19.8 Å². The van der Waals surface area contributed by atoms with Crippen molar-refractivity contribution in [3.63, 3.8) is 0 Å². The molecule has 2 saturated heterocycles.